The first kappa shape index (κ1) is 14.5. The Balaban J connectivity index is 0.000000771. The van der Waals surface area contributed by atoms with Crippen LogP contribution in [0.1, 0.15) is 19.4 Å². The van der Waals surface area contributed by atoms with E-state index in [1.54, 1.807) is 0 Å². The van der Waals surface area contributed by atoms with Gasteiger partial charge < -0.3 is 10.2 Å². The Kier molecular flexibility index (Phi) is 6.15. The van der Waals surface area contributed by atoms with Gasteiger partial charge in [0.05, 0.1) is 5.69 Å². The fourth-order valence-electron chi connectivity index (χ4n) is 2.07. The van der Waals surface area contributed by atoms with Crippen molar-refractivity contribution in [2.75, 3.05) is 31.1 Å². The zero-order chi connectivity index (χ0) is 13.4. The molecule has 0 bridgehead atoms. The van der Waals surface area contributed by atoms with E-state index in [4.69, 9.17) is 0 Å². The molecule has 0 saturated carbocycles. The number of rotatable bonds is 3. The normalized spacial score (nSPS) is 14.4. The number of hydrogen-bond acceptors (Lipinski definition) is 3. The van der Waals surface area contributed by atoms with E-state index in [1.807, 2.05) is 32.1 Å². The van der Waals surface area contributed by atoms with Gasteiger partial charge in [-0.3, -0.25) is 4.99 Å². The molecule has 0 aromatic heterocycles. The minimum Gasteiger partial charge on any atom is -0.368 e. The fourth-order valence-corrected chi connectivity index (χ4v) is 2.07. The molecule has 0 amide bonds. The van der Waals surface area contributed by atoms with Crippen LogP contribution in [0.3, 0.4) is 0 Å². The summed E-state index contributed by atoms with van der Waals surface area (Å²) in [7, 11) is 0. The van der Waals surface area contributed by atoms with Crippen LogP contribution < -0.4 is 10.2 Å². The molecular formula is C15H23N3. The highest BCUT2D eigenvalue weighted by molar-refractivity contribution is 5.77. The lowest BCUT2D eigenvalue weighted by atomic mass is 10.1. The van der Waals surface area contributed by atoms with Gasteiger partial charge in [0, 0.05) is 37.4 Å². The first-order valence-corrected chi connectivity index (χ1v) is 6.54. The topological polar surface area (TPSA) is 27.6 Å². The zero-order valence-corrected chi connectivity index (χ0v) is 11.4. The Labute approximate surface area is 110 Å². The van der Waals surface area contributed by atoms with Crippen molar-refractivity contribution < 1.29 is 0 Å². The quantitative estimate of drug-likeness (QED) is 0.829. The minimum absolute atomic E-state index is 0.908. The summed E-state index contributed by atoms with van der Waals surface area (Å²) in [6.07, 6.45) is 1.86. The maximum Gasteiger partial charge on any atom is 0.0715 e. The van der Waals surface area contributed by atoms with Gasteiger partial charge >= 0.3 is 0 Å². The molecule has 1 N–H and O–H groups in total. The van der Waals surface area contributed by atoms with E-state index in [-0.39, 0.29) is 0 Å². The van der Waals surface area contributed by atoms with Crippen LogP contribution in [-0.4, -0.2) is 32.9 Å². The average Bonchev–Trinajstić information content (AvgIpc) is 2.49. The second-order valence-electron chi connectivity index (χ2n) is 3.81. The molecule has 1 aromatic rings. The molecule has 1 aromatic carbocycles. The van der Waals surface area contributed by atoms with Crippen molar-refractivity contribution in [1.82, 2.24) is 5.32 Å². The highest BCUT2D eigenvalue weighted by Gasteiger charge is 2.14. The zero-order valence-electron chi connectivity index (χ0n) is 11.4. The van der Waals surface area contributed by atoms with E-state index in [9.17, 15) is 0 Å². The third-order valence-electron chi connectivity index (χ3n) is 2.89. The largest absolute Gasteiger partial charge is 0.368 e. The summed E-state index contributed by atoms with van der Waals surface area (Å²) in [5.74, 6) is 0. The van der Waals surface area contributed by atoms with Gasteiger partial charge in [-0.05, 0) is 18.9 Å². The van der Waals surface area contributed by atoms with Gasteiger partial charge in [0.1, 0.15) is 0 Å². The molecule has 98 valence electrons. The molecule has 1 heterocycles. The summed E-state index contributed by atoms with van der Waals surface area (Å²) in [5.41, 5.74) is 3.20. The van der Waals surface area contributed by atoms with Gasteiger partial charge in [-0.1, -0.05) is 32.6 Å². The van der Waals surface area contributed by atoms with Crippen molar-refractivity contribution in [3.05, 3.63) is 30.3 Å². The van der Waals surface area contributed by atoms with Crippen molar-refractivity contribution in [3.8, 4) is 0 Å². The number of piperazine rings is 1. The standard InChI is InChI=1S/C13H17N3.C2H6/c1-3-11-12(14-2)5-4-6-13(11)16-9-7-15-8-10-16;1-2/h3-6,15H,1-2,7-10H2;1-2H3. The smallest absolute Gasteiger partial charge is 0.0715 e. The number of anilines is 1. The predicted molar refractivity (Wildman–Crippen MR) is 82.2 cm³/mol. The monoisotopic (exact) mass is 245 g/mol. The van der Waals surface area contributed by atoms with Crippen LogP contribution in [0.2, 0.25) is 0 Å². The third-order valence-corrected chi connectivity index (χ3v) is 2.89. The highest BCUT2D eigenvalue weighted by atomic mass is 15.2. The van der Waals surface area contributed by atoms with Crippen molar-refractivity contribution in [2.24, 2.45) is 4.99 Å². The summed E-state index contributed by atoms with van der Waals surface area (Å²) < 4.78 is 0. The third kappa shape index (κ3) is 3.20. The Morgan fingerprint density at radius 2 is 1.94 bits per heavy atom. The average molecular weight is 245 g/mol. The number of aliphatic imine (C=N–C) groups is 1. The van der Waals surface area contributed by atoms with E-state index >= 15 is 0 Å². The van der Waals surface area contributed by atoms with Crippen LogP contribution in [0.4, 0.5) is 11.4 Å². The Morgan fingerprint density at radius 3 is 2.50 bits per heavy atom. The first-order valence-electron chi connectivity index (χ1n) is 6.54. The highest BCUT2D eigenvalue weighted by Crippen LogP contribution is 2.30. The van der Waals surface area contributed by atoms with Crippen molar-refractivity contribution in [2.45, 2.75) is 13.8 Å². The molecule has 0 aliphatic carbocycles. The summed E-state index contributed by atoms with van der Waals surface area (Å²) in [5, 5.41) is 3.35. The summed E-state index contributed by atoms with van der Waals surface area (Å²) in [4.78, 5) is 6.40. The van der Waals surface area contributed by atoms with Crippen molar-refractivity contribution >= 4 is 24.2 Å². The number of hydrogen-bond donors (Lipinski definition) is 1. The molecule has 0 atom stereocenters. The van der Waals surface area contributed by atoms with Crippen LogP contribution in [0.5, 0.6) is 0 Å². The fraction of sp³-hybridized carbons (Fsp3) is 0.400. The van der Waals surface area contributed by atoms with Gasteiger partial charge in [-0.25, -0.2) is 0 Å². The van der Waals surface area contributed by atoms with Gasteiger partial charge in [0.25, 0.3) is 0 Å². The lowest BCUT2D eigenvalue weighted by Crippen LogP contribution is -2.43. The number of benzene rings is 1. The van der Waals surface area contributed by atoms with E-state index in [1.165, 1.54) is 5.69 Å². The second kappa shape index (κ2) is 7.67. The maximum absolute atomic E-state index is 4.03. The Hall–Kier alpha value is -1.61. The summed E-state index contributed by atoms with van der Waals surface area (Å²) in [6, 6.07) is 6.11. The molecule has 0 unspecified atom stereocenters. The molecule has 1 saturated heterocycles. The molecule has 3 heteroatoms. The van der Waals surface area contributed by atoms with Crippen LogP contribution in [0.25, 0.3) is 6.08 Å². The lowest BCUT2D eigenvalue weighted by molar-refractivity contribution is 0.589. The molecule has 18 heavy (non-hydrogen) atoms. The second-order valence-corrected chi connectivity index (χ2v) is 3.81. The molecule has 2 rings (SSSR count). The molecule has 1 aliphatic rings. The van der Waals surface area contributed by atoms with Crippen LogP contribution in [0, 0.1) is 0 Å². The van der Waals surface area contributed by atoms with Gasteiger partial charge in [0.15, 0.2) is 0 Å². The molecule has 0 radical (unpaired) electrons. The van der Waals surface area contributed by atoms with Crippen molar-refractivity contribution in [3.63, 3.8) is 0 Å². The summed E-state index contributed by atoms with van der Waals surface area (Å²) >= 11 is 0. The van der Waals surface area contributed by atoms with Crippen LogP contribution in [-0.2, 0) is 0 Å². The van der Waals surface area contributed by atoms with E-state index in [2.05, 4.69) is 34.6 Å². The molecule has 1 fully saturated rings. The van der Waals surface area contributed by atoms with Gasteiger partial charge in [-0.2, -0.15) is 0 Å². The molecular weight excluding hydrogens is 222 g/mol. The predicted octanol–water partition coefficient (Wildman–Crippen LogP) is 3.10. The number of nitrogens with one attached hydrogen (secondary N) is 1. The van der Waals surface area contributed by atoms with E-state index in [0.717, 1.165) is 37.4 Å². The maximum atomic E-state index is 4.03. The van der Waals surface area contributed by atoms with Crippen molar-refractivity contribution in [1.29, 1.82) is 0 Å². The molecule has 3 nitrogen and oxygen atoms in total. The lowest BCUT2D eigenvalue weighted by Gasteiger charge is -2.31. The van der Waals surface area contributed by atoms with Crippen LogP contribution in [0.15, 0.2) is 29.8 Å². The molecule has 0 spiro atoms. The van der Waals surface area contributed by atoms with Crippen LogP contribution >= 0.6 is 0 Å². The molecule has 1 aliphatic heterocycles. The minimum atomic E-state index is 0.908. The summed E-state index contributed by atoms with van der Waals surface area (Å²) in [6.45, 7) is 15.6. The number of nitrogens with zero attached hydrogens (tertiary/aromatic N) is 2. The van der Waals surface area contributed by atoms with E-state index < -0.39 is 0 Å². The Morgan fingerprint density at radius 1 is 1.28 bits per heavy atom. The van der Waals surface area contributed by atoms with Gasteiger partial charge in [0.2, 0.25) is 0 Å². The Bertz CT molecular complexity index is 393. The van der Waals surface area contributed by atoms with E-state index in [0.29, 0.717) is 0 Å². The first-order chi connectivity index (χ1) is 8.86. The SMILES string of the molecule is C=Cc1c(N=C)cccc1N1CCNCC1.CC. The van der Waals surface area contributed by atoms with Gasteiger partial charge in [-0.15, -0.1) is 0 Å².